The van der Waals surface area contributed by atoms with Crippen LogP contribution in [0.3, 0.4) is 0 Å². The van der Waals surface area contributed by atoms with E-state index in [1.54, 1.807) is 36.5 Å². The second-order valence-electron chi connectivity index (χ2n) is 7.67. The van der Waals surface area contributed by atoms with E-state index >= 15 is 0 Å². The lowest BCUT2D eigenvalue weighted by atomic mass is 9.84. The van der Waals surface area contributed by atoms with Gasteiger partial charge in [0.2, 0.25) is 5.91 Å². The Morgan fingerprint density at radius 1 is 1.18 bits per heavy atom. The normalized spacial score (nSPS) is 18.0. The summed E-state index contributed by atoms with van der Waals surface area (Å²) in [6.45, 7) is 0.263. The Bertz CT molecular complexity index is 865. The molecule has 1 fully saturated rings. The fraction of sp³-hybridized carbons (Fsp3) is 0.409. The molecule has 5 nitrogen and oxygen atoms in total. The molecule has 0 unspecified atom stereocenters. The van der Waals surface area contributed by atoms with E-state index in [4.69, 9.17) is 0 Å². The van der Waals surface area contributed by atoms with Crippen LogP contribution in [0.4, 0.5) is 10.2 Å². The lowest BCUT2D eigenvalue weighted by molar-refractivity contribution is -0.121. The number of pyridine rings is 1. The summed E-state index contributed by atoms with van der Waals surface area (Å²) in [5.74, 6) is -0.325. The highest BCUT2D eigenvalue weighted by Crippen LogP contribution is 2.33. The van der Waals surface area contributed by atoms with E-state index in [1.165, 1.54) is 17.4 Å². The Labute approximate surface area is 164 Å². The molecule has 0 radical (unpaired) electrons. The zero-order chi connectivity index (χ0) is 19.5. The zero-order valence-corrected chi connectivity index (χ0v) is 15.7. The molecule has 1 aliphatic carbocycles. The molecule has 1 aliphatic heterocycles. The van der Waals surface area contributed by atoms with Crippen LogP contribution in [0.1, 0.15) is 54.4 Å². The lowest BCUT2D eigenvalue weighted by Gasteiger charge is -2.31. The molecule has 6 heteroatoms. The number of carbonyl (C=O) groups excluding carboxylic acids is 2. The number of halogens is 1. The lowest BCUT2D eigenvalue weighted by Crippen LogP contribution is -2.45. The van der Waals surface area contributed by atoms with Crippen LogP contribution in [-0.4, -0.2) is 27.7 Å². The van der Waals surface area contributed by atoms with E-state index in [0.29, 0.717) is 23.7 Å². The third-order valence-electron chi connectivity index (χ3n) is 5.79. The van der Waals surface area contributed by atoms with Gasteiger partial charge in [-0.25, -0.2) is 9.37 Å². The van der Waals surface area contributed by atoms with Gasteiger partial charge in [0.1, 0.15) is 17.7 Å². The van der Waals surface area contributed by atoms with E-state index in [1.807, 2.05) is 0 Å². The largest absolute Gasteiger partial charge is 0.322 e. The summed E-state index contributed by atoms with van der Waals surface area (Å²) in [5.41, 5.74) is 0.742. The van der Waals surface area contributed by atoms with E-state index in [9.17, 15) is 14.0 Å². The SMILES string of the molecule is O=C(Nc1ccccn1)[C@H](CC1CCCCC1)N1Cc2cccc(F)c2C1=O. The molecule has 2 amide bonds. The molecule has 28 heavy (non-hydrogen) atoms. The number of carbonyl (C=O) groups is 2. The van der Waals surface area contributed by atoms with Crippen LogP contribution in [0.15, 0.2) is 42.6 Å². The molecule has 2 aliphatic rings. The van der Waals surface area contributed by atoms with Gasteiger partial charge in [-0.2, -0.15) is 0 Å². The maximum absolute atomic E-state index is 14.2. The Morgan fingerprint density at radius 2 is 2.00 bits per heavy atom. The molecule has 0 saturated heterocycles. The van der Waals surface area contributed by atoms with Crippen molar-refractivity contribution in [2.24, 2.45) is 5.92 Å². The van der Waals surface area contributed by atoms with E-state index in [-0.39, 0.29) is 18.0 Å². The first-order valence-corrected chi connectivity index (χ1v) is 9.93. The van der Waals surface area contributed by atoms with E-state index in [0.717, 1.165) is 25.7 Å². The van der Waals surface area contributed by atoms with Gasteiger partial charge in [-0.05, 0) is 36.1 Å². The number of amides is 2. The Kier molecular flexibility index (Phi) is 5.37. The minimum absolute atomic E-state index is 0.0989. The summed E-state index contributed by atoms with van der Waals surface area (Å²) in [5, 5.41) is 2.83. The summed E-state index contributed by atoms with van der Waals surface area (Å²) in [6, 6.07) is 9.31. The van der Waals surface area contributed by atoms with E-state index < -0.39 is 17.8 Å². The minimum atomic E-state index is -0.635. The van der Waals surface area contributed by atoms with E-state index in [2.05, 4.69) is 10.3 Å². The number of nitrogens with zero attached hydrogens (tertiary/aromatic N) is 2. The van der Waals surface area contributed by atoms with Crippen molar-refractivity contribution >= 4 is 17.6 Å². The number of aromatic nitrogens is 1. The summed E-state index contributed by atoms with van der Waals surface area (Å²) in [4.78, 5) is 31.7. The monoisotopic (exact) mass is 381 g/mol. The quantitative estimate of drug-likeness (QED) is 0.846. The molecular weight excluding hydrogens is 357 g/mol. The number of fused-ring (bicyclic) bond motifs is 1. The van der Waals surface area contributed by atoms with Gasteiger partial charge < -0.3 is 10.2 Å². The van der Waals surface area contributed by atoms with Crippen LogP contribution < -0.4 is 5.32 Å². The summed E-state index contributed by atoms with van der Waals surface area (Å²) >= 11 is 0. The average molecular weight is 381 g/mol. The third-order valence-corrected chi connectivity index (χ3v) is 5.79. The number of rotatable bonds is 5. The van der Waals surface area contributed by atoms with Gasteiger partial charge in [-0.1, -0.05) is 50.3 Å². The molecule has 1 saturated carbocycles. The molecule has 0 spiro atoms. The second kappa shape index (κ2) is 8.09. The highest BCUT2D eigenvalue weighted by atomic mass is 19.1. The smallest absolute Gasteiger partial charge is 0.258 e. The van der Waals surface area contributed by atoms with Gasteiger partial charge in [-0.15, -0.1) is 0 Å². The van der Waals surface area contributed by atoms with Crippen LogP contribution in [0.5, 0.6) is 0 Å². The van der Waals surface area contributed by atoms with Gasteiger partial charge in [0, 0.05) is 12.7 Å². The predicted molar refractivity (Wildman–Crippen MR) is 104 cm³/mol. The fourth-order valence-electron chi connectivity index (χ4n) is 4.35. The second-order valence-corrected chi connectivity index (χ2v) is 7.67. The van der Waals surface area contributed by atoms with Crippen LogP contribution in [-0.2, 0) is 11.3 Å². The van der Waals surface area contributed by atoms with Gasteiger partial charge in [0.15, 0.2) is 0 Å². The molecule has 146 valence electrons. The summed E-state index contributed by atoms with van der Waals surface area (Å²) in [7, 11) is 0. The van der Waals surface area contributed by atoms with Crippen molar-refractivity contribution in [2.45, 2.75) is 51.1 Å². The van der Waals surface area contributed by atoms with Crippen molar-refractivity contribution in [1.82, 2.24) is 9.88 Å². The molecule has 1 N–H and O–H groups in total. The van der Waals surface area contributed by atoms with Crippen LogP contribution in [0.2, 0.25) is 0 Å². The number of hydrogen-bond donors (Lipinski definition) is 1. The first-order chi connectivity index (χ1) is 13.6. The maximum atomic E-state index is 14.2. The van der Waals surface area contributed by atoms with Crippen molar-refractivity contribution < 1.29 is 14.0 Å². The molecule has 1 atom stereocenters. The van der Waals surface area contributed by atoms with Crippen molar-refractivity contribution in [3.63, 3.8) is 0 Å². The standard InChI is InChI=1S/C22H24FN3O2/c23-17-10-6-9-16-14-26(22(28)20(16)17)18(13-15-7-2-1-3-8-15)21(27)25-19-11-4-5-12-24-19/h4-6,9-12,15,18H,1-3,7-8,13-14H2,(H,24,25,27)/t18-/m0/s1. The van der Waals surface area contributed by atoms with Crippen molar-refractivity contribution in [3.8, 4) is 0 Å². The average Bonchev–Trinajstić information content (AvgIpc) is 3.05. The summed E-state index contributed by atoms with van der Waals surface area (Å²) < 4.78 is 14.2. The van der Waals surface area contributed by atoms with Gasteiger partial charge in [0.05, 0.1) is 5.56 Å². The van der Waals surface area contributed by atoms with Crippen molar-refractivity contribution in [1.29, 1.82) is 0 Å². The zero-order valence-electron chi connectivity index (χ0n) is 15.7. The first-order valence-electron chi connectivity index (χ1n) is 9.93. The third kappa shape index (κ3) is 3.77. The number of benzene rings is 1. The fourth-order valence-corrected chi connectivity index (χ4v) is 4.35. The molecule has 2 aromatic rings. The van der Waals surface area contributed by atoms with Gasteiger partial charge >= 0.3 is 0 Å². The van der Waals surface area contributed by atoms with Gasteiger partial charge in [-0.3, -0.25) is 9.59 Å². The van der Waals surface area contributed by atoms with Crippen LogP contribution in [0, 0.1) is 11.7 Å². The van der Waals surface area contributed by atoms with Gasteiger partial charge in [0.25, 0.3) is 5.91 Å². The van der Waals surface area contributed by atoms with Crippen molar-refractivity contribution in [3.05, 3.63) is 59.5 Å². The topological polar surface area (TPSA) is 62.3 Å². The van der Waals surface area contributed by atoms with Crippen LogP contribution >= 0.6 is 0 Å². The van der Waals surface area contributed by atoms with Crippen LogP contribution in [0.25, 0.3) is 0 Å². The minimum Gasteiger partial charge on any atom is -0.322 e. The molecule has 0 bridgehead atoms. The molecule has 1 aromatic heterocycles. The highest BCUT2D eigenvalue weighted by Gasteiger charge is 2.39. The molecule has 2 heterocycles. The Morgan fingerprint density at radius 3 is 2.71 bits per heavy atom. The Hall–Kier alpha value is -2.76. The number of nitrogens with one attached hydrogen (secondary N) is 1. The van der Waals surface area contributed by atoms with Crippen molar-refractivity contribution in [2.75, 3.05) is 5.32 Å². The Balaban J connectivity index is 1.58. The number of anilines is 1. The predicted octanol–water partition coefficient (Wildman–Crippen LogP) is 4.15. The molecular formula is C22H24FN3O2. The maximum Gasteiger partial charge on any atom is 0.258 e. The molecule has 1 aromatic carbocycles. The first kappa shape index (κ1) is 18.6. The summed E-state index contributed by atoms with van der Waals surface area (Å²) in [6.07, 6.45) is 7.87. The highest BCUT2D eigenvalue weighted by molar-refractivity contribution is 6.03. The number of hydrogen-bond acceptors (Lipinski definition) is 3. The molecule has 4 rings (SSSR count).